The number of methoxy groups -OCH3 is 2. The molecule has 4 rings (SSSR count). The average molecular weight is 478 g/mol. The molecule has 34 heavy (non-hydrogen) atoms. The Morgan fingerprint density at radius 1 is 1.00 bits per heavy atom. The standard InChI is InChI=1S/C23H26O11/c1-30-14-6-5-13(11-7-10-3-4-12(24)8-15(10)32-9-11)19(20(14)31-2)33-23-18(27)16(25)17(26)21(34-23)22(28)29/h3-6,8,11,16-18,21,23-27H,7,9H2,1-2H3,(H,28,29)/t11-,16-,17-,18+,21-,23-/m0/s1. The molecular formula is C23H26O11. The molecule has 0 saturated carbocycles. The van der Waals surface area contributed by atoms with E-state index in [-0.39, 0.29) is 29.8 Å². The summed E-state index contributed by atoms with van der Waals surface area (Å²) in [5.41, 5.74) is 1.45. The highest BCUT2D eigenvalue weighted by Crippen LogP contribution is 2.46. The minimum Gasteiger partial charge on any atom is -0.508 e. The van der Waals surface area contributed by atoms with E-state index < -0.39 is 36.7 Å². The maximum Gasteiger partial charge on any atom is 0.335 e. The van der Waals surface area contributed by atoms with Crippen LogP contribution in [-0.4, -0.2) is 83.0 Å². The highest BCUT2D eigenvalue weighted by Gasteiger charge is 2.48. The molecule has 6 atom stereocenters. The third-order valence-electron chi connectivity index (χ3n) is 5.97. The van der Waals surface area contributed by atoms with Crippen molar-refractivity contribution in [3.8, 4) is 28.7 Å². The van der Waals surface area contributed by atoms with Gasteiger partial charge in [-0.1, -0.05) is 12.1 Å². The number of aliphatic hydroxyl groups is 3. The number of hydrogen-bond acceptors (Lipinski definition) is 10. The van der Waals surface area contributed by atoms with Crippen molar-refractivity contribution >= 4 is 5.97 Å². The van der Waals surface area contributed by atoms with Gasteiger partial charge in [0.1, 0.15) is 29.8 Å². The van der Waals surface area contributed by atoms with E-state index in [1.54, 1.807) is 24.3 Å². The van der Waals surface area contributed by atoms with Crippen molar-refractivity contribution in [3.63, 3.8) is 0 Å². The van der Waals surface area contributed by atoms with Gasteiger partial charge in [0.05, 0.1) is 20.8 Å². The SMILES string of the molecule is COc1ccc([C@@H]2COc3cc(O)ccc3C2)c(O[C@H]2O[C@H](C(=O)O)[C@@H](O)[C@H](O)[C@H]2O)c1OC. The van der Waals surface area contributed by atoms with Gasteiger partial charge in [-0.05, 0) is 24.1 Å². The van der Waals surface area contributed by atoms with E-state index in [2.05, 4.69) is 0 Å². The second-order valence-electron chi connectivity index (χ2n) is 8.08. The summed E-state index contributed by atoms with van der Waals surface area (Å²) in [4.78, 5) is 11.5. The number of aromatic hydroxyl groups is 1. The second kappa shape index (κ2) is 9.55. The van der Waals surface area contributed by atoms with Gasteiger partial charge in [0, 0.05) is 17.5 Å². The van der Waals surface area contributed by atoms with Crippen molar-refractivity contribution in [1.82, 2.24) is 0 Å². The summed E-state index contributed by atoms with van der Waals surface area (Å²) >= 11 is 0. The molecule has 2 heterocycles. The van der Waals surface area contributed by atoms with Gasteiger partial charge < -0.3 is 49.2 Å². The normalized spacial score (nSPS) is 28.4. The number of fused-ring (bicyclic) bond motifs is 1. The largest absolute Gasteiger partial charge is 0.508 e. The molecule has 2 aromatic carbocycles. The van der Waals surface area contributed by atoms with E-state index in [9.17, 15) is 30.3 Å². The number of aliphatic hydroxyl groups excluding tert-OH is 3. The molecule has 2 aromatic rings. The molecule has 0 radical (unpaired) electrons. The molecule has 1 saturated heterocycles. The number of rotatable bonds is 6. The Labute approximate surface area is 194 Å². The predicted octanol–water partition coefficient (Wildman–Crippen LogP) is 0.399. The van der Waals surface area contributed by atoms with Crippen molar-refractivity contribution in [1.29, 1.82) is 0 Å². The fourth-order valence-electron chi connectivity index (χ4n) is 4.18. The summed E-state index contributed by atoms with van der Waals surface area (Å²) < 4.78 is 27.9. The Morgan fingerprint density at radius 3 is 2.44 bits per heavy atom. The van der Waals surface area contributed by atoms with E-state index in [4.69, 9.17) is 23.7 Å². The molecule has 11 heteroatoms. The highest BCUT2D eigenvalue weighted by molar-refractivity contribution is 5.73. The van der Waals surface area contributed by atoms with Crippen LogP contribution in [0.3, 0.4) is 0 Å². The van der Waals surface area contributed by atoms with Gasteiger partial charge in [0.25, 0.3) is 0 Å². The summed E-state index contributed by atoms with van der Waals surface area (Å²) in [5.74, 6) is -0.543. The number of carboxylic acids is 1. The first-order valence-electron chi connectivity index (χ1n) is 10.5. The van der Waals surface area contributed by atoms with Crippen molar-refractivity contribution in [3.05, 3.63) is 41.5 Å². The average Bonchev–Trinajstić information content (AvgIpc) is 2.83. The molecule has 0 spiro atoms. The van der Waals surface area contributed by atoms with Crippen LogP contribution in [0, 0.1) is 0 Å². The quantitative estimate of drug-likeness (QED) is 0.390. The summed E-state index contributed by atoms with van der Waals surface area (Å²) in [6.45, 7) is 0.232. The van der Waals surface area contributed by atoms with Crippen molar-refractivity contribution in [2.45, 2.75) is 43.0 Å². The van der Waals surface area contributed by atoms with Crippen LogP contribution < -0.4 is 18.9 Å². The number of aliphatic carboxylic acids is 1. The van der Waals surface area contributed by atoms with Crippen molar-refractivity contribution < 1.29 is 54.0 Å². The molecule has 5 N–H and O–H groups in total. The van der Waals surface area contributed by atoms with Crippen LogP contribution in [0.25, 0.3) is 0 Å². The highest BCUT2D eigenvalue weighted by atomic mass is 16.7. The van der Waals surface area contributed by atoms with Gasteiger partial charge in [-0.2, -0.15) is 0 Å². The van der Waals surface area contributed by atoms with Crippen LogP contribution in [0.5, 0.6) is 28.7 Å². The molecule has 2 aliphatic heterocycles. The van der Waals surface area contributed by atoms with Gasteiger partial charge in [-0.3, -0.25) is 0 Å². The summed E-state index contributed by atoms with van der Waals surface area (Å²) in [6.07, 6.45) is -8.35. The monoisotopic (exact) mass is 478 g/mol. The van der Waals surface area contributed by atoms with E-state index in [1.165, 1.54) is 20.3 Å². The predicted molar refractivity (Wildman–Crippen MR) is 115 cm³/mol. The van der Waals surface area contributed by atoms with E-state index in [0.29, 0.717) is 23.5 Å². The van der Waals surface area contributed by atoms with Crippen LogP contribution in [0.15, 0.2) is 30.3 Å². The Hall–Kier alpha value is -3.25. The van der Waals surface area contributed by atoms with Crippen molar-refractivity contribution in [2.24, 2.45) is 0 Å². The van der Waals surface area contributed by atoms with Gasteiger partial charge in [0.2, 0.25) is 12.0 Å². The number of phenolic OH excluding ortho intramolecular Hbond substituents is 1. The molecule has 11 nitrogen and oxygen atoms in total. The summed E-state index contributed by atoms with van der Waals surface area (Å²) in [6, 6.07) is 8.24. The van der Waals surface area contributed by atoms with E-state index >= 15 is 0 Å². The van der Waals surface area contributed by atoms with Crippen LogP contribution >= 0.6 is 0 Å². The third kappa shape index (κ3) is 4.30. The molecule has 184 valence electrons. The zero-order valence-corrected chi connectivity index (χ0v) is 18.5. The topological polar surface area (TPSA) is 164 Å². The molecule has 0 unspecified atom stereocenters. The van der Waals surface area contributed by atoms with Crippen LogP contribution in [0.2, 0.25) is 0 Å². The first-order chi connectivity index (χ1) is 16.2. The zero-order valence-electron chi connectivity index (χ0n) is 18.5. The lowest BCUT2D eigenvalue weighted by molar-refractivity contribution is -0.271. The Bertz CT molecular complexity index is 1060. The lowest BCUT2D eigenvalue weighted by Crippen LogP contribution is -2.61. The van der Waals surface area contributed by atoms with E-state index in [0.717, 1.165) is 5.56 Å². The second-order valence-corrected chi connectivity index (χ2v) is 8.08. The number of benzene rings is 2. The Kier molecular flexibility index (Phi) is 6.71. The Balaban J connectivity index is 1.71. The first kappa shape index (κ1) is 23.9. The minimum absolute atomic E-state index is 0.0875. The number of hydrogen-bond donors (Lipinski definition) is 5. The lowest BCUT2D eigenvalue weighted by Gasteiger charge is -2.39. The number of carbonyl (C=O) groups is 1. The number of phenols is 1. The summed E-state index contributed by atoms with van der Waals surface area (Å²) in [5, 5.41) is 49.6. The number of carboxylic acid groups (broad SMARTS) is 1. The molecule has 1 fully saturated rings. The lowest BCUT2D eigenvalue weighted by atomic mass is 9.89. The molecule has 0 aliphatic carbocycles. The molecule has 2 aliphatic rings. The number of ether oxygens (including phenoxy) is 5. The van der Waals surface area contributed by atoms with Gasteiger partial charge >= 0.3 is 5.97 Å². The first-order valence-corrected chi connectivity index (χ1v) is 10.5. The maximum atomic E-state index is 11.5. The van der Waals surface area contributed by atoms with Crippen LogP contribution in [0.1, 0.15) is 17.0 Å². The smallest absolute Gasteiger partial charge is 0.335 e. The molecule has 0 aromatic heterocycles. The van der Waals surface area contributed by atoms with Crippen LogP contribution in [-0.2, 0) is 16.0 Å². The molecular weight excluding hydrogens is 452 g/mol. The maximum absolute atomic E-state index is 11.5. The fourth-order valence-corrected chi connectivity index (χ4v) is 4.18. The van der Waals surface area contributed by atoms with Crippen LogP contribution in [0.4, 0.5) is 0 Å². The van der Waals surface area contributed by atoms with E-state index in [1.807, 2.05) is 0 Å². The Morgan fingerprint density at radius 2 is 1.76 bits per heavy atom. The third-order valence-corrected chi connectivity index (χ3v) is 5.97. The fraction of sp³-hybridized carbons (Fsp3) is 0.435. The van der Waals surface area contributed by atoms with Crippen molar-refractivity contribution in [2.75, 3.05) is 20.8 Å². The van der Waals surface area contributed by atoms with Gasteiger partial charge in [-0.25, -0.2) is 4.79 Å². The van der Waals surface area contributed by atoms with Gasteiger partial charge in [0.15, 0.2) is 17.6 Å². The zero-order chi connectivity index (χ0) is 24.6. The molecule has 0 amide bonds. The summed E-state index contributed by atoms with van der Waals surface area (Å²) in [7, 11) is 2.82. The van der Waals surface area contributed by atoms with Gasteiger partial charge in [-0.15, -0.1) is 0 Å². The minimum atomic E-state index is -1.85. The molecule has 0 bridgehead atoms.